The highest BCUT2D eigenvalue weighted by Gasteiger charge is 2.11. The van der Waals surface area contributed by atoms with Crippen LogP contribution in [0.5, 0.6) is 5.75 Å². The van der Waals surface area contributed by atoms with Crippen molar-refractivity contribution >= 4 is 15.8 Å². The zero-order chi connectivity index (χ0) is 17.7. The molecule has 2 aromatic carbocycles. The van der Waals surface area contributed by atoms with Gasteiger partial charge >= 0.3 is 0 Å². The molecule has 1 aromatic heterocycles. The van der Waals surface area contributed by atoms with Crippen LogP contribution in [-0.4, -0.2) is 24.6 Å². The number of ether oxygens (including phenoxy) is 1. The molecule has 7 heteroatoms. The van der Waals surface area contributed by atoms with Gasteiger partial charge in [-0.2, -0.15) is 0 Å². The molecule has 0 aliphatic carbocycles. The molecule has 0 unspecified atom stereocenters. The van der Waals surface area contributed by atoms with Crippen LogP contribution >= 0.6 is 0 Å². The van der Waals surface area contributed by atoms with Crippen molar-refractivity contribution in [3.63, 3.8) is 0 Å². The SMILES string of the molecule is CS(=O)(=O)Nc1nccnc1-c1ccc(COc2ccccc2)cc1. The molecule has 0 aliphatic heterocycles. The number of anilines is 1. The van der Waals surface area contributed by atoms with Crippen molar-refractivity contribution in [2.45, 2.75) is 6.61 Å². The minimum Gasteiger partial charge on any atom is -0.489 e. The van der Waals surface area contributed by atoms with E-state index in [1.54, 1.807) is 0 Å². The number of rotatable bonds is 6. The van der Waals surface area contributed by atoms with Gasteiger partial charge in [-0.3, -0.25) is 9.71 Å². The first-order chi connectivity index (χ1) is 12.0. The zero-order valence-electron chi connectivity index (χ0n) is 13.6. The highest BCUT2D eigenvalue weighted by atomic mass is 32.2. The fourth-order valence-electron chi connectivity index (χ4n) is 2.24. The number of sulfonamides is 1. The van der Waals surface area contributed by atoms with Crippen LogP contribution in [0.15, 0.2) is 67.0 Å². The summed E-state index contributed by atoms with van der Waals surface area (Å²) in [6.45, 7) is 0.444. The maximum Gasteiger partial charge on any atom is 0.231 e. The molecule has 0 saturated carbocycles. The van der Waals surface area contributed by atoms with Crippen molar-refractivity contribution in [1.29, 1.82) is 0 Å². The molecule has 0 atom stereocenters. The predicted molar refractivity (Wildman–Crippen MR) is 96.7 cm³/mol. The number of nitrogens with zero attached hydrogens (tertiary/aromatic N) is 2. The molecular formula is C18H17N3O3S. The van der Waals surface area contributed by atoms with E-state index in [2.05, 4.69) is 14.7 Å². The Morgan fingerprint density at radius 3 is 2.32 bits per heavy atom. The Morgan fingerprint density at radius 1 is 0.960 bits per heavy atom. The first-order valence-electron chi connectivity index (χ1n) is 7.57. The Bertz CT molecular complexity index is 943. The maximum absolute atomic E-state index is 11.5. The second-order valence-electron chi connectivity index (χ2n) is 5.43. The van der Waals surface area contributed by atoms with E-state index in [4.69, 9.17) is 4.74 Å². The molecule has 0 radical (unpaired) electrons. The second kappa shape index (κ2) is 7.31. The first-order valence-corrected chi connectivity index (χ1v) is 9.46. The fourth-order valence-corrected chi connectivity index (χ4v) is 2.74. The van der Waals surface area contributed by atoms with Crippen molar-refractivity contribution < 1.29 is 13.2 Å². The van der Waals surface area contributed by atoms with Gasteiger partial charge < -0.3 is 4.74 Å². The summed E-state index contributed by atoms with van der Waals surface area (Å²) in [5.41, 5.74) is 2.24. The van der Waals surface area contributed by atoms with Crippen LogP contribution in [0.3, 0.4) is 0 Å². The van der Waals surface area contributed by atoms with E-state index in [1.165, 1.54) is 12.4 Å². The van der Waals surface area contributed by atoms with Gasteiger partial charge in [0, 0.05) is 18.0 Å². The summed E-state index contributed by atoms with van der Waals surface area (Å²) < 4.78 is 31.0. The molecule has 1 heterocycles. The molecule has 6 nitrogen and oxygen atoms in total. The van der Waals surface area contributed by atoms with E-state index in [0.717, 1.165) is 23.1 Å². The summed E-state index contributed by atoms with van der Waals surface area (Å²) in [4.78, 5) is 8.30. The van der Waals surface area contributed by atoms with Gasteiger partial charge in [-0.25, -0.2) is 13.4 Å². The highest BCUT2D eigenvalue weighted by molar-refractivity contribution is 7.92. The normalized spacial score (nSPS) is 11.1. The lowest BCUT2D eigenvalue weighted by Gasteiger charge is -2.10. The predicted octanol–water partition coefficient (Wildman–Crippen LogP) is 3.09. The average molecular weight is 355 g/mol. The standard InChI is InChI=1S/C18H17N3O3S/c1-25(22,23)21-18-17(19-11-12-20-18)15-9-7-14(8-10-15)13-24-16-5-3-2-4-6-16/h2-12H,13H2,1H3,(H,20,21). The molecule has 0 aliphatic rings. The lowest BCUT2D eigenvalue weighted by atomic mass is 10.1. The molecule has 3 aromatic rings. The van der Waals surface area contributed by atoms with Crippen LogP contribution in [0.2, 0.25) is 0 Å². The fraction of sp³-hybridized carbons (Fsp3) is 0.111. The Hall–Kier alpha value is -2.93. The quantitative estimate of drug-likeness (QED) is 0.735. The number of hydrogen-bond donors (Lipinski definition) is 1. The van der Waals surface area contributed by atoms with Gasteiger partial charge in [0.25, 0.3) is 0 Å². The van der Waals surface area contributed by atoms with Gasteiger partial charge in [-0.1, -0.05) is 42.5 Å². The Labute approximate surface area is 146 Å². The second-order valence-corrected chi connectivity index (χ2v) is 7.17. The topological polar surface area (TPSA) is 81.2 Å². The van der Waals surface area contributed by atoms with Crippen LogP contribution in [0.25, 0.3) is 11.3 Å². The van der Waals surface area contributed by atoms with Crippen molar-refractivity contribution in [2.75, 3.05) is 11.0 Å². The van der Waals surface area contributed by atoms with Crippen molar-refractivity contribution in [2.24, 2.45) is 0 Å². The number of benzene rings is 2. The Kier molecular flexibility index (Phi) is 4.95. The first kappa shape index (κ1) is 16.9. The van der Waals surface area contributed by atoms with E-state index >= 15 is 0 Å². The number of para-hydroxylation sites is 1. The monoisotopic (exact) mass is 355 g/mol. The third kappa shape index (κ3) is 4.77. The van der Waals surface area contributed by atoms with Gasteiger partial charge in [0.15, 0.2) is 5.82 Å². The Morgan fingerprint density at radius 2 is 1.64 bits per heavy atom. The summed E-state index contributed by atoms with van der Waals surface area (Å²) in [5, 5.41) is 0. The van der Waals surface area contributed by atoms with E-state index in [0.29, 0.717) is 12.3 Å². The van der Waals surface area contributed by atoms with Crippen molar-refractivity contribution in [3.8, 4) is 17.0 Å². The number of hydrogen-bond acceptors (Lipinski definition) is 5. The lowest BCUT2D eigenvalue weighted by Crippen LogP contribution is -2.12. The molecule has 128 valence electrons. The molecule has 0 fully saturated rings. The third-order valence-electron chi connectivity index (χ3n) is 3.36. The lowest BCUT2D eigenvalue weighted by molar-refractivity contribution is 0.306. The molecule has 0 amide bonds. The molecule has 0 spiro atoms. The maximum atomic E-state index is 11.5. The molecule has 1 N–H and O–H groups in total. The molecular weight excluding hydrogens is 338 g/mol. The van der Waals surface area contributed by atoms with E-state index in [1.807, 2.05) is 54.6 Å². The minimum absolute atomic E-state index is 0.207. The van der Waals surface area contributed by atoms with Crippen molar-refractivity contribution in [3.05, 3.63) is 72.6 Å². The Balaban J connectivity index is 1.77. The molecule has 0 saturated heterocycles. The van der Waals surface area contributed by atoms with Gasteiger partial charge in [0.05, 0.1) is 6.26 Å². The zero-order valence-corrected chi connectivity index (χ0v) is 14.4. The van der Waals surface area contributed by atoms with Gasteiger partial charge in [0.2, 0.25) is 10.0 Å². The van der Waals surface area contributed by atoms with E-state index < -0.39 is 10.0 Å². The van der Waals surface area contributed by atoms with E-state index in [9.17, 15) is 8.42 Å². The van der Waals surface area contributed by atoms with Gasteiger partial charge in [-0.15, -0.1) is 0 Å². The number of aromatic nitrogens is 2. The third-order valence-corrected chi connectivity index (χ3v) is 3.92. The van der Waals surface area contributed by atoms with E-state index in [-0.39, 0.29) is 5.82 Å². The summed E-state index contributed by atoms with van der Waals surface area (Å²) in [5.74, 6) is 1.01. The number of nitrogens with one attached hydrogen (secondary N) is 1. The average Bonchev–Trinajstić information content (AvgIpc) is 2.61. The van der Waals surface area contributed by atoms with Crippen LogP contribution in [0.1, 0.15) is 5.56 Å². The summed E-state index contributed by atoms with van der Waals surface area (Å²) >= 11 is 0. The van der Waals surface area contributed by atoms with Crippen LogP contribution in [0.4, 0.5) is 5.82 Å². The largest absolute Gasteiger partial charge is 0.489 e. The van der Waals surface area contributed by atoms with Crippen LogP contribution in [-0.2, 0) is 16.6 Å². The summed E-state index contributed by atoms with van der Waals surface area (Å²) in [6.07, 6.45) is 4.05. The summed E-state index contributed by atoms with van der Waals surface area (Å²) in [7, 11) is -3.43. The minimum atomic E-state index is -3.43. The van der Waals surface area contributed by atoms with Gasteiger partial charge in [0.1, 0.15) is 18.1 Å². The highest BCUT2D eigenvalue weighted by Crippen LogP contribution is 2.24. The molecule has 3 rings (SSSR count). The summed E-state index contributed by atoms with van der Waals surface area (Å²) in [6, 6.07) is 17.1. The molecule has 25 heavy (non-hydrogen) atoms. The van der Waals surface area contributed by atoms with Crippen LogP contribution < -0.4 is 9.46 Å². The van der Waals surface area contributed by atoms with Crippen LogP contribution in [0, 0.1) is 0 Å². The molecule has 0 bridgehead atoms. The smallest absolute Gasteiger partial charge is 0.231 e. The van der Waals surface area contributed by atoms with Gasteiger partial charge in [-0.05, 0) is 17.7 Å². The van der Waals surface area contributed by atoms with Crippen molar-refractivity contribution in [1.82, 2.24) is 9.97 Å².